The van der Waals surface area contributed by atoms with E-state index in [1.54, 1.807) is 43.4 Å². The van der Waals surface area contributed by atoms with Crippen LogP contribution in [0.5, 0.6) is 0 Å². The van der Waals surface area contributed by atoms with Gasteiger partial charge in [0.1, 0.15) is 5.69 Å². The standard InChI is InChI=1S/C21H16F3N3OS/c1-26(13-17-8-5-9-29-17)20(28)18-12-16-10-15(14-6-3-2-4-7-14)11-19(21(22,23)24)27(16)25-18/h2-12H,13H2,1H3. The SMILES string of the molecule is CN(Cc1cccs1)C(=O)c1cc2cc(-c3ccccc3)cc(C(F)(F)F)n2n1. The van der Waals surface area contributed by atoms with E-state index in [1.807, 2.05) is 17.5 Å². The van der Waals surface area contributed by atoms with Crippen LogP contribution in [0, 0.1) is 0 Å². The molecule has 4 aromatic rings. The number of aromatic nitrogens is 2. The lowest BCUT2D eigenvalue weighted by molar-refractivity contribution is -0.142. The number of carbonyl (C=O) groups is 1. The highest BCUT2D eigenvalue weighted by Gasteiger charge is 2.35. The Labute approximate surface area is 168 Å². The van der Waals surface area contributed by atoms with E-state index in [-0.39, 0.29) is 11.2 Å². The Balaban J connectivity index is 1.77. The van der Waals surface area contributed by atoms with Gasteiger partial charge in [-0.3, -0.25) is 4.79 Å². The molecule has 0 atom stereocenters. The number of alkyl halides is 3. The van der Waals surface area contributed by atoms with E-state index in [2.05, 4.69) is 5.10 Å². The van der Waals surface area contributed by atoms with Gasteiger partial charge >= 0.3 is 6.18 Å². The quantitative estimate of drug-likeness (QED) is 0.450. The number of nitrogens with zero attached hydrogens (tertiary/aromatic N) is 3. The van der Waals surface area contributed by atoms with Crippen molar-refractivity contribution in [2.45, 2.75) is 12.7 Å². The van der Waals surface area contributed by atoms with Crippen LogP contribution < -0.4 is 0 Å². The predicted octanol–water partition coefficient (Wildman–Crippen LogP) is 5.35. The molecule has 0 aliphatic heterocycles. The van der Waals surface area contributed by atoms with Crippen molar-refractivity contribution in [3.63, 3.8) is 0 Å². The zero-order chi connectivity index (χ0) is 20.6. The van der Waals surface area contributed by atoms with Gasteiger partial charge in [0, 0.05) is 11.9 Å². The Morgan fingerprint density at radius 2 is 1.83 bits per heavy atom. The molecule has 0 saturated carbocycles. The largest absolute Gasteiger partial charge is 0.433 e. The number of carbonyl (C=O) groups excluding carboxylic acids is 1. The summed E-state index contributed by atoms with van der Waals surface area (Å²) in [6, 6.07) is 16.6. The van der Waals surface area contributed by atoms with Gasteiger partial charge in [0.05, 0.1) is 12.1 Å². The molecule has 0 fully saturated rings. The normalized spacial score (nSPS) is 11.7. The number of hydrogen-bond donors (Lipinski definition) is 0. The topological polar surface area (TPSA) is 37.6 Å². The van der Waals surface area contributed by atoms with Crippen molar-refractivity contribution >= 4 is 22.8 Å². The second-order valence-electron chi connectivity index (χ2n) is 6.60. The molecule has 3 heterocycles. The van der Waals surface area contributed by atoms with Crippen molar-refractivity contribution in [2.75, 3.05) is 7.05 Å². The van der Waals surface area contributed by atoms with Crippen LogP contribution in [0.15, 0.2) is 66.0 Å². The fourth-order valence-corrected chi connectivity index (χ4v) is 3.87. The lowest BCUT2D eigenvalue weighted by Crippen LogP contribution is -2.26. The number of fused-ring (bicyclic) bond motifs is 1. The van der Waals surface area contributed by atoms with Crippen molar-refractivity contribution in [1.82, 2.24) is 14.5 Å². The summed E-state index contributed by atoms with van der Waals surface area (Å²) in [7, 11) is 1.60. The molecule has 4 rings (SSSR count). The minimum atomic E-state index is -4.61. The van der Waals surface area contributed by atoms with Crippen LogP contribution in [0.4, 0.5) is 13.2 Å². The van der Waals surface area contributed by atoms with Crippen LogP contribution in [0.25, 0.3) is 16.6 Å². The van der Waals surface area contributed by atoms with Crippen LogP contribution in [-0.4, -0.2) is 27.5 Å². The number of thiophene rings is 1. The van der Waals surface area contributed by atoms with E-state index in [9.17, 15) is 18.0 Å². The molecular formula is C21H16F3N3OS. The Hall–Kier alpha value is -3.13. The smallest absolute Gasteiger partial charge is 0.335 e. The Bertz CT molecular complexity index is 1150. The average molecular weight is 415 g/mol. The highest BCUT2D eigenvalue weighted by molar-refractivity contribution is 7.09. The molecule has 0 spiro atoms. The van der Waals surface area contributed by atoms with E-state index in [0.29, 0.717) is 17.7 Å². The van der Waals surface area contributed by atoms with Gasteiger partial charge in [-0.15, -0.1) is 11.3 Å². The summed E-state index contributed by atoms with van der Waals surface area (Å²) in [6.07, 6.45) is -4.61. The average Bonchev–Trinajstić information content (AvgIpc) is 3.35. The van der Waals surface area contributed by atoms with Crippen LogP contribution >= 0.6 is 11.3 Å². The fourth-order valence-electron chi connectivity index (χ4n) is 3.11. The van der Waals surface area contributed by atoms with E-state index < -0.39 is 17.8 Å². The van der Waals surface area contributed by atoms with Crippen molar-refractivity contribution in [3.05, 3.63) is 82.3 Å². The third-order valence-corrected chi connectivity index (χ3v) is 5.36. The lowest BCUT2D eigenvalue weighted by atomic mass is 10.1. The summed E-state index contributed by atoms with van der Waals surface area (Å²) >= 11 is 1.51. The number of halogens is 3. The molecule has 0 N–H and O–H groups in total. The van der Waals surface area contributed by atoms with Crippen LogP contribution in [-0.2, 0) is 12.7 Å². The first-order valence-electron chi connectivity index (χ1n) is 8.77. The van der Waals surface area contributed by atoms with E-state index in [1.165, 1.54) is 22.3 Å². The molecule has 3 aromatic heterocycles. The number of amides is 1. The van der Waals surface area contributed by atoms with E-state index in [0.717, 1.165) is 15.5 Å². The third kappa shape index (κ3) is 3.88. The maximum Gasteiger partial charge on any atom is 0.433 e. The molecule has 4 nitrogen and oxygen atoms in total. The monoisotopic (exact) mass is 415 g/mol. The van der Waals surface area contributed by atoms with Crippen molar-refractivity contribution in [1.29, 1.82) is 0 Å². The van der Waals surface area contributed by atoms with Crippen molar-refractivity contribution in [3.8, 4) is 11.1 Å². The van der Waals surface area contributed by atoms with Gasteiger partial charge in [-0.1, -0.05) is 36.4 Å². The minimum Gasteiger partial charge on any atom is -0.335 e. The molecule has 0 radical (unpaired) electrons. The summed E-state index contributed by atoms with van der Waals surface area (Å²) in [5.41, 5.74) is 0.334. The van der Waals surface area contributed by atoms with Crippen LogP contribution in [0.1, 0.15) is 21.1 Å². The lowest BCUT2D eigenvalue weighted by Gasteiger charge is -2.14. The van der Waals surface area contributed by atoms with Gasteiger partial charge in [-0.25, -0.2) is 4.52 Å². The molecule has 0 aliphatic rings. The molecule has 1 amide bonds. The number of benzene rings is 1. The van der Waals surface area contributed by atoms with Crippen LogP contribution in [0.2, 0.25) is 0 Å². The number of hydrogen-bond acceptors (Lipinski definition) is 3. The zero-order valence-electron chi connectivity index (χ0n) is 15.3. The van der Waals surface area contributed by atoms with Gasteiger partial charge in [0.25, 0.3) is 5.91 Å². The first-order valence-corrected chi connectivity index (χ1v) is 9.65. The number of pyridine rings is 1. The fraction of sp³-hybridized carbons (Fsp3) is 0.143. The Morgan fingerprint density at radius 1 is 1.07 bits per heavy atom. The molecule has 1 aromatic carbocycles. The minimum absolute atomic E-state index is 0.0280. The van der Waals surface area contributed by atoms with Gasteiger partial charge in [-0.2, -0.15) is 18.3 Å². The molecule has 8 heteroatoms. The molecule has 0 saturated heterocycles. The summed E-state index contributed by atoms with van der Waals surface area (Å²) in [5.74, 6) is -0.434. The molecule has 0 unspecified atom stereocenters. The summed E-state index contributed by atoms with van der Waals surface area (Å²) in [5, 5.41) is 5.88. The Morgan fingerprint density at radius 3 is 2.48 bits per heavy atom. The predicted molar refractivity (Wildman–Crippen MR) is 106 cm³/mol. The van der Waals surface area contributed by atoms with E-state index >= 15 is 0 Å². The Kier molecular flexibility index (Phi) is 4.87. The zero-order valence-corrected chi connectivity index (χ0v) is 16.2. The number of rotatable bonds is 4. The van der Waals surface area contributed by atoms with Crippen molar-refractivity contribution < 1.29 is 18.0 Å². The van der Waals surface area contributed by atoms with Gasteiger partial charge < -0.3 is 4.90 Å². The highest BCUT2D eigenvalue weighted by Crippen LogP contribution is 2.33. The summed E-state index contributed by atoms with van der Waals surface area (Å²) < 4.78 is 41.8. The summed E-state index contributed by atoms with van der Waals surface area (Å²) in [6.45, 7) is 0.367. The second-order valence-corrected chi connectivity index (χ2v) is 7.63. The van der Waals surface area contributed by atoms with Crippen molar-refractivity contribution in [2.24, 2.45) is 0 Å². The second kappa shape index (κ2) is 7.36. The molecule has 0 bridgehead atoms. The van der Waals surface area contributed by atoms with Gasteiger partial charge in [0.2, 0.25) is 0 Å². The molecule has 148 valence electrons. The highest BCUT2D eigenvalue weighted by atomic mass is 32.1. The van der Waals surface area contributed by atoms with E-state index in [4.69, 9.17) is 0 Å². The summed E-state index contributed by atoms with van der Waals surface area (Å²) in [4.78, 5) is 15.2. The van der Waals surface area contributed by atoms with Crippen LogP contribution in [0.3, 0.4) is 0 Å². The third-order valence-electron chi connectivity index (χ3n) is 4.50. The molecule has 29 heavy (non-hydrogen) atoms. The molecule has 0 aliphatic carbocycles. The first-order chi connectivity index (χ1) is 13.8. The maximum atomic E-state index is 13.7. The van der Waals surface area contributed by atoms with Gasteiger partial charge in [0.15, 0.2) is 5.69 Å². The maximum absolute atomic E-state index is 13.7. The molecular weight excluding hydrogens is 399 g/mol. The van der Waals surface area contributed by atoms with Gasteiger partial charge in [-0.05, 0) is 40.8 Å². The first kappa shape index (κ1) is 19.2.